The summed E-state index contributed by atoms with van der Waals surface area (Å²) in [6, 6.07) is 42.7. The van der Waals surface area contributed by atoms with Gasteiger partial charge < -0.3 is 9.13 Å². The third-order valence-corrected chi connectivity index (χ3v) is 6.90. The second kappa shape index (κ2) is 9.85. The summed E-state index contributed by atoms with van der Waals surface area (Å²) < 4.78 is 4.29. The van der Waals surface area contributed by atoms with Crippen LogP contribution in [0.2, 0.25) is 0 Å². The highest BCUT2D eigenvalue weighted by Gasteiger charge is 2.21. The van der Waals surface area contributed by atoms with Crippen molar-refractivity contribution in [2.45, 2.75) is 0 Å². The van der Waals surface area contributed by atoms with E-state index in [0.717, 1.165) is 44.9 Å². The average Bonchev–Trinajstić information content (AvgIpc) is 3.58. The normalized spacial score (nSPS) is 10.4. The minimum Gasteiger partial charge on any atom is -0.308 e. The van der Waals surface area contributed by atoms with Crippen molar-refractivity contribution in [1.82, 2.24) is 9.13 Å². The standard InChI is InChI=1S/C34H18N6/c35-19-23-1-9-27(10-2-23)31-17-33-34(39(31)29-13-5-25(21-37)6-14-29)18-32(28-11-3-24(20-36)4-12-28)40(33)30-15-7-26(22-38)8-16-30/h1-18H. The lowest BCUT2D eigenvalue weighted by atomic mass is 10.1. The number of fused-ring (bicyclic) bond motifs is 1. The highest BCUT2D eigenvalue weighted by molar-refractivity contribution is 5.93. The van der Waals surface area contributed by atoms with Gasteiger partial charge in [-0.3, -0.25) is 0 Å². The smallest absolute Gasteiger partial charge is 0.0991 e. The van der Waals surface area contributed by atoms with Crippen LogP contribution in [0.15, 0.2) is 109 Å². The maximum atomic E-state index is 9.35. The van der Waals surface area contributed by atoms with Crippen molar-refractivity contribution < 1.29 is 0 Å². The fourth-order valence-corrected chi connectivity index (χ4v) is 4.94. The molecule has 0 atom stereocenters. The van der Waals surface area contributed by atoms with Gasteiger partial charge in [0, 0.05) is 11.4 Å². The maximum Gasteiger partial charge on any atom is 0.0991 e. The Morgan fingerprint density at radius 1 is 0.375 bits per heavy atom. The lowest BCUT2D eigenvalue weighted by Crippen LogP contribution is -1.97. The van der Waals surface area contributed by atoms with E-state index < -0.39 is 0 Å². The third kappa shape index (κ3) is 4.06. The monoisotopic (exact) mass is 510 g/mol. The van der Waals surface area contributed by atoms with Gasteiger partial charge >= 0.3 is 0 Å². The Morgan fingerprint density at radius 3 is 0.925 bits per heavy atom. The van der Waals surface area contributed by atoms with E-state index in [9.17, 15) is 21.0 Å². The Balaban J connectivity index is 1.68. The van der Waals surface area contributed by atoms with Gasteiger partial charge in [0.1, 0.15) is 0 Å². The molecule has 0 saturated heterocycles. The molecule has 6 aromatic rings. The van der Waals surface area contributed by atoms with E-state index in [2.05, 4.69) is 45.5 Å². The summed E-state index contributed by atoms with van der Waals surface area (Å²) in [7, 11) is 0. The Morgan fingerprint density at radius 2 is 0.650 bits per heavy atom. The number of nitrogens with zero attached hydrogens (tertiary/aromatic N) is 6. The lowest BCUT2D eigenvalue weighted by molar-refractivity contribution is 1.13. The van der Waals surface area contributed by atoms with Crippen LogP contribution in [0, 0.1) is 45.3 Å². The molecule has 0 aliphatic rings. The zero-order chi connectivity index (χ0) is 27.6. The molecule has 6 heteroatoms. The minimum atomic E-state index is 0.570. The van der Waals surface area contributed by atoms with E-state index >= 15 is 0 Å². The second-order valence-electron chi connectivity index (χ2n) is 9.20. The van der Waals surface area contributed by atoms with Crippen molar-refractivity contribution in [1.29, 1.82) is 21.0 Å². The molecule has 0 unspecified atom stereocenters. The summed E-state index contributed by atoms with van der Waals surface area (Å²) >= 11 is 0. The van der Waals surface area contributed by atoms with Crippen molar-refractivity contribution >= 4 is 11.0 Å². The summed E-state index contributed by atoms with van der Waals surface area (Å²) in [4.78, 5) is 0. The molecule has 2 heterocycles. The van der Waals surface area contributed by atoms with Crippen molar-refractivity contribution in [2.75, 3.05) is 0 Å². The van der Waals surface area contributed by atoms with Gasteiger partial charge in [-0.25, -0.2) is 0 Å². The maximum absolute atomic E-state index is 9.35. The molecule has 0 N–H and O–H groups in total. The van der Waals surface area contributed by atoms with Crippen LogP contribution in [-0.4, -0.2) is 9.13 Å². The van der Waals surface area contributed by atoms with Crippen LogP contribution in [0.1, 0.15) is 22.3 Å². The molecule has 4 aromatic carbocycles. The molecular formula is C34H18N6. The van der Waals surface area contributed by atoms with Gasteiger partial charge in [0.2, 0.25) is 0 Å². The number of hydrogen-bond acceptors (Lipinski definition) is 4. The molecule has 0 radical (unpaired) electrons. The molecule has 0 aliphatic carbocycles. The van der Waals surface area contributed by atoms with E-state index in [-0.39, 0.29) is 0 Å². The van der Waals surface area contributed by atoms with Gasteiger partial charge in [0.15, 0.2) is 0 Å². The quantitative estimate of drug-likeness (QED) is 0.249. The highest BCUT2D eigenvalue weighted by Crippen LogP contribution is 2.38. The van der Waals surface area contributed by atoms with Crippen LogP contribution in [0.3, 0.4) is 0 Å². The molecule has 0 aliphatic heterocycles. The summed E-state index contributed by atoms with van der Waals surface area (Å²) in [5.41, 5.74) is 9.66. The number of aromatic nitrogens is 2. The largest absolute Gasteiger partial charge is 0.308 e. The summed E-state index contributed by atoms with van der Waals surface area (Å²) in [6.45, 7) is 0. The first-order valence-electron chi connectivity index (χ1n) is 12.4. The Hall–Kier alpha value is -6.34. The SMILES string of the molecule is N#Cc1ccc(-c2cc3c(cc(-c4ccc(C#N)cc4)n3-c3ccc(C#N)cc3)n2-c2ccc(C#N)cc2)cc1. The zero-order valence-electron chi connectivity index (χ0n) is 21.1. The first-order chi connectivity index (χ1) is 19.6. The fraction of sp³-hybridized carbons (Fsp3) is 0. The highest BCUT2D eigenvalue weighted by atomic mass is 15.1. The van der Waals surface area contributed by atoms with Crippen LogP contribution in [0.25, 0.3) is 44.9 Å². The van der Waals surface area contributed by atoms with Crippen molar-refractivity contribution in [3.63, 3.8) is 0 Å². The second-order valence-corrected chi connectivity index (χ2v) is 9.20. The first-order valence-corrected chi connectivity index (χ1v) is 12.4. The van der Waals surface area contributed by atoms with Crippen LogP contribution in [-0.2, 0) is 0 Å². The average molecular weight is 511 g/mol. The zero-order valence-corrected chi connectivity index (χ0v) is 21.1. The first kappa shape index (κ1) is 24.0. The van der Waals surface area contributed by atoms with Gasteiger partial charge in [0.25, 0.3) is 0 Å². The van der Waals surface area contributed by atoms with Crippen LogP contribution in [0.4, 0.5) is 0 Å². The van der Waals surface area contributed by atoms with Gasteiger partial charge in [-0.2, -0.15) is 21.0 Å². The van der Waals surface area contributed by atoms with E-state index in [1.807, 2.05) is 48.5 Å². The number of benzene rings is 4. The molecule has 0 fully saturated rings. The molecule has 0 spiro atoms. The van der Waals surface area contributed by atoms with E-state index in [4.69, 9.17) is 0 Å². The van der Waals surface area contributed by atoms with Crippen molar-refractivity contribution in [3.05, 3.63) is 131 Å². The molecule has 6 nitrogen and oxygen atoms in total. The van der Waals surface area contributed by atoms with Gasteiger partial charge in [-0.15, -0.1) is 0 Å². The summed E-state index contributed by atoms with van der Waals surface area (Å²) in [5, 5.41) is 37.3. The van der Waals surface area contributed by atoms with Gasteiger partial charge in [0.05, 0.1) is 69.0 Å². The summed E-state index contributed by atoms with van der Waals surface area (Å²) in [5.74, 6) is 0. The van der Waals surface area contributed by atoms with Crippen molar-refractivity contribution in [3.8, 4) is 58.2 Å². The number of rotatable bonds is 4. The third-order valence-electron chi connectivity index (χ3n) is 6.90. The molecule has 6 rings (SSSR count). The van der Waals surface area contributed by atoms with Gasteiger partial charge in [-0.1, -0.05) is 24.3 Å². The van der Waals surface area contributed by atoms with E-state index in [1.165, 1.54) is 0 Å². The molecular weight excluding hydrogens is 492 g/mol. The molecule has 40 heavy (non-hydrogen) atoms. The number of nitriles is 4. The van der Waals surface area contributed by atoms with Gasteiger partial charge in [-0.05, 0) is 96.1 Å². The van der Waals surface area contributed by atoms with Crippen LogP contribution in [0.5, 0.6) is 0 Å². The Labute approximate surface area is 230 Å². The topological polar surface area (TPSA) is 105 Å². The molecule has 2 aromatic heterocycles. The minimum absolute atomic E-state index is 0.570. The van der Waals surface area contributed by atoms with Crippen LogP contribution >= 0.6 is 0 Å². The molecule has 0 bridgehead atoms. The Kier molecular flexibility index (Phi) is 5.91. The van der Waals surface area contributed by atoms with E-state index in [1.54, 1.807) is 48.5 Å². The molecule has 0 saturated carbocycles. The van der Waals surface area contributed by atoms with Crippen LogP contribution < -0.4 is 0 Å². The predicted molar refractivity (Wildman–Crippen MR) is 152 cm³/mol. The summed E-state index contributed by atoms with van der Waals surface area (Å²) in [6.07, 6.45) is 0. The predicted octanol–water partition coefficient (Wildman–Crippen LogP) is 7.24. The fourth-order valence-electron chi connectivity index (χ4n) is 4.94. The lowest BCUT2D eigenvalue weighted by Gasteiger charge is -2.12. The number of hydrogen-bond donors (Lipinski definition) is 0. The Bertz CT molecular complexity index is 1890. The van der Waals surface area contributed by atoms with E-state index in [0.29, 0.717) is 22.3 Å². The molecule has 184 valence electrons. The molecule has 0 amide bonds. The van der Waals surface area contributed by atoms with Crippen molar-refractivity contribution in [2.24, 2.45) is 0 Å².